The first-order valence-electron chi connectivity index (χ1n) is 8.37. The zero-order valence-electron chi connectivity index (χ0n) is 15.3. The molecule has 28 heavy (non-hydrogen) atoms. The fourth-order valence-electron chi connectivity index (χ4n) is 2.54. The molecule has 0 fully saturated rings. The number of hydrogen-bond donors (Lipinski definition) is 1. The average molecular weight is 400 g/mol. The number of esters is 1. The zero-order valence-corrected chi connectivity index (χ0v) is 16.1. The minimum absolute atomic E-state index is 0.169. The fraction of sp³-hybridized carbons (Fsp3) is 0.150. The lowest BCUT2D eigenvalue weighted by Crippen LogP contribution is -2.16. The number of methoxy groups -OCH3 is 1. The van der Waals surface area contributed by atoms with Crippen LogP contribution in [0.1, 0.15) is 26.4 Å². The molecule has 144 valence electrons. The van der Waals surface area contributed by atoms with Gasteiger partial charge in [0.15, 0.2) is 5.69 Å². The van der Waals surface area contributed by atoms with E-state index in [1.54, 1.807) is 43.4 Å². The van der Waals surface area contributed by atoms with Gasteiger partial charge in [-0.25, -0.2) is 4.79 Å². The number of halogens is 1. The molecule has 7 nitrogen and oxygen atoms in total. The molecule has 1 aromatic heterocycles. The number of amides is 1. The molecule has 0 saturated carbocycles. The number of anilines is 1. The van der Waals surface area contributed by atoms with Crippen LogP contribution in [0.5, 0.6) is 5.75 Å². The smallest absolute Gasteiger partial charge is 0.358 e. The zero-order chi connectivity index (χ0) is 20.1. The molecule has 0 aliphatic heterocycles. The van der Waals surface area contributed by atoms with Crippen molar-refractivity contribution >= 4 is 29.2 Å². The van der Waals surface area contributed by atoms with Gasteiger partial charge in [0.05, 0.1) is 19.0 Å². The maximum atomic E-state index is 12.5. The van der Waals surface area contributed by atoms with Gasteiger partial charge >= 0.3 is 5.97 Å². The van der Waals surface area contributed by atoms with Crippen molar-refractivity contribution in [3.05, 3.63) is 76.6 Å². The van der Waals surface area contributed by atoms with Gasteiger partial charge in [0.1, 0.15) is 12.4 Å². The van der Waals surface area contributed by atoms with Gasteiger partial charge in [0, 0.05) is 17.6 Å². The molecule has 0 bridgehead atoms. The second-order valence-electron chi connectivity index (χ2n) is 5.92. The number of carbonyl (C=O) groups is 2. The number of benzene rings is 2. The van der Waals surface area contributed by atoms with E-state index in [1.165, 1.54) is 18.0 Å². The molecule has 0 radical (unpaired) electrons. The van der Waals surface area contributed by atoms with Crippen LogP contribution in [0.2, 0.25) is 5.02 Å². The third-order valence-electron chi connectivity index (χ3n) is 3.98. The van der Waals surface area contributed by atoms with Crippen LogP contribution in [-0.4, -0.2) is 28.8 Å². The van der Waals surface area contributed by atoms with E-state index in [0.29, 0.717) is 22.9 Å². The summed E-state index contributed by atoms with van der Waals surface area (Å²) in [5.41, 5.74) is 1.79. The molecule has 0 atom stereocenters. The van der Waals surface area contributed by atoms with E-state index in [4.69, 9.17) is 21.1 Å². The van der Waals surface area contributed by atoms with E-state index >= 15 is 0 Å². The monoisotopic (exact) mass is 399 g/mol. The second kappa shape index (κ2) is 8.58. The van der Waals surface area contributed by atoms with Gasteiger partial charge in [-0.15, -0.1) is 0 Å². The molecule has 0 spiro atoms. The van der Waals surface area contributed by atoms with Gasteiger partial charge in [-0.2, -0.15) is 5.10 Å². The summed E-state index contributed by atoms with van der Waals surface area (Å²) >= 11 is 5.93. The number of rotatable bonds is 6. The molecule has 1 amide bonds. The van der Waals surface area contributed by atoms with Crippen molar-refractivity contribution in [1.82, 2.24) is 9.78 Å². The maximum Gasteiger partial charge on any atom is 0.358 e. The Morgan fingerprint density at radius 2 is 1.93 bits per heavy atom. The molecule has 0 aliphatic rings. The van der Waals surface area contributed by atoms with Gasteiger partial charge in [-0.3, -0.25) is 9.48 Å². The highest BCUT2D eigenvalue weighted by Gasteiger charge is 2.19. The van der Waals surface area contributed by atoms with Gasteiger partial charge in [-0.05, 0) is 35.9 Å². The second-order valence-corrected chi connectivity index (χ2v) is 6.36. The van der Waals surface area contributed by atoms with Gasteiger partial charge < -0.3 is 14.8 Å². The van der Waals surface area contributed by atoms with E-state index in [-0.39, 0.29) is 17.3 Å². The number of ether oxygens (including phenoxy) is 2. The molecule has 0 saturated heterocycles. The average Bonchev–Trinajstić information content (AvgIpc) is 3.06. The minimum atomic E-state index is -0.580. The number of carbonyl (C=O) groups excluding carboxylic acids is 2. The van der Waals surface area contributed by atoms with E-state index in [1.807, 2.05) is 12.1 Å². The number of nitrogens with one attached hydrogen (secondary N) is 1. The largest absolute Gasteiger partial charge is 0.489 e. The Kier molecular flexibility index (Phi) is 5.96. The molecule has 1 N–H and O–H groups in total. The molecule has 0 aliphatic carbocycles. The van der Waals surface area contributed by atoms with Crippen LogP contribution in [0.3, 0.4) is 0 Å². The van der Waals surface area contributed by atoms with Crippen LogP contribution in [0.15, 0.2) is 54.7 Å². The molecule has 3 aromatic rings. The number of nitrogens with zero attached hydrogens (tertiary/aromatic N) is 2. The van der Waals surface area contributed by atoms with E-state index in [2.05, 4.69) is 10.4 Å². The van der Waals surface area contributed by atoms with Gasteiger partial charge in [-0.1, -0.05) is 29.8 Å². The normalized spacial score (nSPS) is 10.4. The standard InChI is InChI=1S/C20H18ClN3O4/c1-24-18(20(26)27-2)17(11-22-24)23-19(25)14-8-6-13(7-9-14)12-28-16-5-3-4-15(21)10-16/h3-11H,12H2,1-2H3,(H,23,25). The van der Waals surface area contributed by atoms with Crippen LogP contribution >= 0.6 is 11.6 Å². The Bertz CT molecular complexity index is 999. The number of aryl methyl sites for hydroxylation is 1. The summed E-state index contributed by atoms with van der Waals surface area (Å²) in [6.45, 7) is 0.345. The van der Waals surface area contributed by atoms with Crippen molar-refractivity contribution in [2.24, 2.45) is 7.05 Å². The first-order chi connectivity index (χ1) is 13.5. The highest BCUT2D eigenvalue weighted by atomic mass is 35.5. The minimum Gasteiger partial charge on any atom is -0.489 e. The highest BCUT2D eigenvalue weighted by Crippen LogP contribution is 2.19. The van der Waals surface area contributed by atoms with Crippen LogP contribution < -0.4 is 10.1 Å². The lowest BCUT2D eigenvalue weighted by molar-refractivity contribution is 0.0589. The van der Waals surface area contributed by atoms with Gasteiger partial charge in [0.25, 0.3) is 5.91 Å². The third kappa shape index (κ3) is 4.50. The first-order valence-corrected chi connectivity index (χ1v) is 8.74. The van der Waals surface area contributed by atoms with Crippen molar-refractivity contribution in [3.8, 4) is 5.75 Å². The van der Waals surface area contributed by atoms with E-state index < -0.39 is 5.97 Å². The van der Waals surface area contributed by atoms with Crippen molar-refractivity contribution in [2.45, 2.75) is 6.61 Å². The van der Waals surface area contributed by atoms with Gasteiger partial charge in [0.2, 0.25) is 0 Å². The first kappa shape index (κ1) is 19.4. The summed E-state index contributed by atoms with van der Waals surface area (Å²) in [5.74, 6) is -0.273. The third-order valence-corrected chi connectivity index (χ3v) is 4.22. The Morgan fingerprint density at radius 3 is 2.61 bits per heavy atom. The number of aromatic nitrogens is 2. The summed E-state index contributed by atoms with van der Waals surface area (Å²) in [4.78, 5) is 24.3. The Labute approximate surface area is 166 Å². The van der Waals surface area contributed by atoms with Crippen LogP contribution in [0, 0.1) is 0 Å². The topological polar surface area (TPSA) is 82.4 Å². The maximum absolute atomic E-state index is 12.5. The Hall–Kier alpha value is -3.32. The molecule has 1 heterocycles. The fourth-order valence-corrected chi connectivity index (χ4v) is 2.72. The molecular weight excluding hydrogens is 382 g/mol. The predicted octanol–water partition coefficient (Wildman–Crippen LogP) is 3.69. The molecule has 3 rings (SSSR count). The SMILES string of the molecule is COC(=O)c1c(NC(=O)c2ccc(COc3cccc(Cl)c3)cc2)cnn1C. The van der Waals surface area contributed by atoms with Crippen molar-refractivity contribution in [2.75, 3.05) is 12.4 Å². The summed E-state index contributed by atoms with van der Waals surface area (Å²) in [5, 5.41) is 7.26. The quantitative estimate of drug-likeness (QED) is 0.639. The Balaban J connectivity index is 1.65. The summed E-state index contributed by atoms with van der Waals surface area (Å²) in [7, 11) is 2.86. The molecule has 8 heteroatoms. The number of hydrogen-bond acceptors (Lipinski definition) is 5. The lowest BCUT2D eigenvalue weighted by atomic mass is 10.1. The summed E-state index contributed by atoms with van der Waals surface area (Å²) in [6, 6.07) is 14.1. The highest BCUT2D eigenvalue weighted by molar-refractivity contribution is 6.30. The summed E-state index contributed by atoms with van der Waals surface area (Å²) in [6.07, 6.45) is 1.40. The lowest BCUT2D eigenvalue weighted by Gasteiger charge is -2.08. The van der Waals surface area contributed by atoms with Crippen LogP contribution in [0.4, 0.5) is 5.69 Å². The van der Waals surface area contributed by atoms with Crippen LogP contribution in [-0.2, 0) is 18.4 Å². The van der Waals surface area contributed by atoms with E-state index in [9.17, 15) is 9.59 Å². The van der Waals surface area contributed by atoms with Crippen LogP contribution in [0.25, 0.3) is 0 Å². The van der Waals surface area contributed by atoms with Crippen molar-refractivity contribution in [1.29, 1.82) is 0 Å². The molecular formula is C20H18ClN3O4. The van der Waals surface area contributed by atoms with Crippen molar-refractivity contribution < 1.29 is 19.1 Å². The molecule has 0 unspecified atom stereocenters. The van der Waals surface area contributed by atoms with E-state index in [0.717, 1.165) is 5.56 Å². The molecule has 2 aromatic carbocycles. The predicted molar refractivity (Wildman–Crippen MR) is 105 cm³/mol. The van der Waals surface area contributed by atoms with Crippen molar-refractivity contribution in [3.63, 3.8) is 0 Å². The Morgan fingerprint density at radius 1 is 1.18 bits per heavy atom. The summed E-state index contributed by atoms with van der Waals surface area (Å²) < 4.78 is 11.7.